The van der Waals surface area contributed by atoms with Crippen LogP contribution in [0, 0.1) is 0 Å². The van der Waals surface area contributed by atoms with E-state index in [2.05, 4.69) is 10.3 Å². The number of benzene rings is 2. The summed E-state index contributed by atoms with van der Waals surface area (Å²) in [7, 11) is 2.63. The van der Waals surface area contributed by atoms with Gasteiger partial charge in [-0.15, -0.1) is 0 Å². The molecule has 0 unspecified atom stereocenters. The predicted molar refractivity (Wildman–Crippen MR) is 129 cm³/mol. The average molecular weight is 552 g/mol. The van der Waals surface area contributed by atoms with Crippen LogP contribution >= 0.6 is 46.4 Å². The van der Waals surface area contributed by atoms with E-state index in [1.54, 1.807) is 0 Å². The van der Waals surface area contributed by atoms with Crippen molar-refractivity contribution in [3.63, 3.8) is 0 Å². The summed E-state index contributed by atoms with van der Waals surface area (Å²) in [5, 5.41) is 7.47. The Morgan fingerprint density at radius 1 is 0.706 bits per heavy atom. The topological polar surface area (TPSA) is 148 Å². The first-order valence-electron chi connectivity index (χ1n) is 9.22. The summed E-state index contributed by atoms with van der Waals surface area (Å²) in [5.41, 5.74) is 11.2. The van der Waals surface area contributed by atoms with Gasteiger partial charge in [-0.25, -0.2) is 9.59 Å². The van der Waals surface area contributed by atoms with Crippen LogP contribution in [0.25, 0.3) is 0 Å². The molecule has 0 saturated carbocycles. The minimum Gasteiger partial charge on any atom is -0.494 e. The molecule has 182 valence electrons. The van der Waals surface area contributed by atoms with Crippen molar-refractivity contribution in [2.24, 2.45) is 21.8 Å². The molecule has 0 heterocycles. The smallest absolute Gasteiger partial charge is 0.371 e. The second kappa shape index (κ2) is 12.5. The van der Waals surface area contributed by atoms with E-state index in [-0.39, 0.29) is 67.2 Å². The Balaban J connectivity index is 1.98. The molecular weight excluding hydrogens is 534 g/mol. The summed E-state index contributed by atoms with van der Waals surface area (Å²) in [6.45, 7) is 0. The lowest BCUT2D eigenvalue weighted by molar-refractivity contribution is 0.0501. The van der Waals surface area contributed by atoms with E-state index in [9.17, 15) is 9.59 Å². The molecule has 0 radical (unpaired) electrons. The van der Waals surface area contributed by atoms with Gasteiger partial charge in [0, 0.05) is 12.8 Å². The lowest BCUT2D eigenvalue weighted by atomic mass is 10.2. The van der Waals surface area contributed by atoms with E-state index < -0.39 is 11.9 Å². The molecule has 2 aromatic rings. The first kappa shape index (κ1) is 27.3. The highest BCUT2D eigenvalue weighted by Crippen LogP contribution is 2.35. The molecule has 2 aromatic carbocycles. The molecule has 0 aromatic heterocycles. The quantitative estimate of drug-likeness (QED) is 0.198. The third-order valence-electron chi connectivity index (χ3n) is 4.06. The van der Waals surface area contributed by atoms with Gasteiger partial charge < -0.3 is 30.6 Å². The number of amidine groups is 2. The third-order valence-corrected chi connectivity index (χ3v) is 5.29. The van der Waals surface area contributed by atoms with Crippen molar-refractivity contribution in [2.75, 3.05) is 14.2 Å². The maximum absolute atomic E-state index is 12.3. The number of carbonyl (C=O) groups excluding carboxylic acids is 2. The largest absolute Gasteiger partial charge is 0.494 e. The minimum absolute atomic E-state index is 0.0157. The molecule has 0 aliphatic rings. The predicted octanol–water partition coefficient (Wildman–Crippen LogP) is 4.66. The normalized spacial score (nSPS) is 11.7. The molecule has 0 spiro atoms. The monoisotopic (exact) mass is 550 g/mol. The Morgan fingerprint density at radius 2 is 1.03 bits per heavy atom. The van der Waals surface area contributed by atoms with Crippen molar-refractivity contribution in [1.82, 2.24) is 0 Å². The van der Waals surface area contributed by atoms with E-state index in [4.69, 9.17) is 77.0 Å². The third kappa shape index (κ3) is 6.80. The molecule has 0 aliphatic heterocycles. The Labute approximate surface area is 214 Å². The molecule has 14 heteroatoms. The van der Waals surface area contributed by atoms with E-state index in [1.165, 1.54) is 38.5 Å². The van der Waals surface area contributed by atoms with Gasteiger partial charge in [0.15, 0.2) is 11.5 Å². The van der Waals surface area contributed by atoms with Crippen molar-refractivity contribution in [1.29, 1.82) is 0 Å². The summed E-state index contributed by atoms with van der Waals surface area (Å²) in [6.07, 6.45) is 0.0314. The van der Waals surface area contributed by atoms with Gasteiger partial charge in [-0.3, -0.25) is 0 Å². The van der Waals surface area contributed by atoms with Gasteiger partial charge in [-0.05, 0) is 24.3 Å². The van der Waals surface area contributed by atoms with Crippen molar-refractivity contribution in [3.8, 4) is 11.5 Å². The lowest BCUT2D eigenvalue weighted by Crippen LogP contribution is -2.20. The zero-order valence-corrected chi connectivity index (χ0v) is 20.8. The van der Waals surface area contributed by atoms with E-state index in [1.807, 2.05) is 0 Å². The molecule has 0 aliphatic carbocycles. The van der Waals surface area contributed by atoms with Crippen LogP contribution in [-0.2, 0) is 9.68 Å². The van der Waals surface area contributed by atoms with Gasteiger partial charge >= 0.3 is 11.9 Å². The van der Waals surface area contributed by atoms with Crippen LogP contribution in [0.3, 0.4) is 0 Å². The van der Waals surface area contributed by atoms with Crippen LogP contribution in [0.5, 0.6) is 11.5 Å². The number of oxime groups is 2. The Morgan fingerprint density at radius 3 is 1.35 bits per heavy atom. The zero-order valence-electron chi connectivity index (χ0n) is 17.7. The van der Waals surface area contributed by atoms with Crippen LogP contribution < -0.4 is 20.9 Å². The fourth-order valence-corrected chi connectivity index (χ4v) is 3.41. The summed E-state index contributed by atoms with van der Waals surface area (Å²) in [5.74, 6) is -2.01. The Bertz CT molecular complexity index is 1070. The van der Waals surface area contributed by atoms with Crippen LogP contribution in [0.4, 0.5) is 0 Å². The fraction of sp³-hybridized carbons (Fsp3) is 0.200. The number of nitrogens with two attached hydrogens (primary N) is 2. The van der Waals surface area contributed by atoms with E-state index in [0.717, 1.165) is 0 Å². The van der Waals surface area contributed by atoms with Crippen LogP contribution in [0.2, 0.25) is 20.1 Å². The van der Waals surface area contributed by atoms with Crippen molar-refractivity contribution in [3.05, 3.63) is 55.5 Å². The molecule has 0 amide bonds. The number of carbonyl (C=O) groups is 2. The average Bonchev–Trinajstić information content (AvgIpc) is 2.81. The Hall–Kier alpha value is -2.92. The van der Waals surface area contributed by atoms with Gasteiger partial charge in [-0.2, -0.15) is 0 Å². The number of ether oxygens (including phenoxy) is 2. The van der Waals surface area contributed by atoms with Crippen molar-refractivity contribution >= 4 is 70.0 Å². The molecule has 0 saturated heterocycles. The molecular formula is C20H18Cl4N4O6. The number of hydrogen-bond acceptors (Lipinski definition) is 8. The van der Waals surface area contributed by atoms with E-state index >= 15 is 0 Å². The van der Waals surface area contributed by atoms with Crippen molar-refractivity contribution < 1.29 is 28.7 Å². The van der Waals surface area contributed by atoms with Gasteiger partial charge in [0.1, 0.15) is 22.8 Å². The second-order valence-electron chi connectivity index (χ2n) is 6.30. The SMILES string of the molecule is COc1c(Cl)ccc(Cl)c1C(=O)O/N=C(\N)CC/C(N)=N/OC(=O)c1c(Cl)ccc(Cl)c1OC. The molecule has 10 nitrogen and oxygen atoms in total. The Kier molecular flexibility index (Phi) is 10.1. The van der Waals surface area contributed by atoms with Crippen LogP contribution in [-0.4, -0.2) is 37.8 Å². The van der Waals surface area contributed by atoms with Crippen LogP contribution in [0.1, 0.15) is 33.6 Å². The standard InChI is InChI=1S/C20H18Cl4N4O6/c1-31-17-11(23)5-3-9(21)15(17)19(29)33-27-13(25)7-8-14(26)28-34-20(30)16-10(22)4-6-12(24)18(16)32-2/h3-6H,7-8H2,1-2H3,(H2,25,27)(H2,26,28). The van der Waals surface area contributed by atoms with Gasteiger partial charge in [0.05, 0.1) is 34.3 Å². The fourth-order valence-electron chi connectivity index (χ4n) is 2.48. The van der Waals surface area contributed by atoms with Gasteiger partial charge in [0.25, 0.3) is 0 Å². The minimum atomic E-state index is -0.935. The summed E-state index contributed by atoms with van der Waals surface area (Å²) in [6, 6.07) is 5.73. The molecule has 4 N–H and O–H groups in total. The molecule has 0 bridgehead atoms. The van der Waals surface area contributed by atoms with Crippen molar-refractivity contribution in [2.45, 2.75) is 12.8 Å². The number of rotatable bonds is 9. The molecule has 34 heavy (non-hydrogen) atoms. The second-order valence-corrected chi connectivity index (χ2v) is 7.93. The number of methoxy groups -OCH3 is 2. The zero-order chi connectivity index (χ0) is 25.4. The highest BCUT2D eigenvalue weighted by atomic mass is 35.5. The number of halogens is 4. The highest BCUT2D eigenvalue weighted by molar-refractivity contribution is 6.37. The van der Waals surface area contributed by atoms with Gasteiger partial charge in [-0.1, -0.05) is 56.7 Å². The summed E-state index contributed by atoms with van der Waals surface area (Å²) >= 11 is 24.0. The summed E-state index contributed by atoms with van der Waals surface area (Å²) in [4.78, 5) is 34.2. The van der Waals surface area contributed by atoms with E-state index in [0.29, 0.717) is 0 Å². The maximum Gasteiger partial charge on any atom is 0.371 e. The first-order valence-corrected chi connectivity index (χ1v) is 10.7. The number of nitrogens with zero attached hydrogens (tertiary/aromatic N) is 2. The summed E-state index contributed by atoms with van der Waals surface area (Å²) < 4.78 is 10.2. The molecule has 2 rings (SSSR count). The first-order chi connectivity index (χ1) is 16.1. The van der Waals surface area contributed by atoms with Crippen LogP contribution in [0.15, 0.2) is 34.6 Å². The highest BCUT2D eigenvalue weighted by Gasteiger charge is 2.22. The van der Waals surface area contributed by atoms with Gasteiger partial charge in [0.2, 0.25) is 0 Å². The molecule has 0 atom stereocenters. The number of hydrogen-bond donors (Lipinski definition) is 2. The lowest BCUT2D eigenvalue weighted by Gasteiger charge is -2.10. The maximum atomic E-state index is 12.3. The molecule has 0 fully saturated rings.